The first-order chi connectivity index (χ1) is 7.33. The van der Waals surface area contributed by atoms with Crippen molar-refractivity contribution in [2.24, 2.45) is 0 Å². The van der Waals surface area contributed by atoms with Gasteiger partial charge in [-0.3, -0.25) is 0 Å². The van der Waals surface area contributed by atoms with Crippen molar-refractivity contribution in [3.05, 3.63) is 35.9 Å². The summed E-state index contributed by atoms with van der Waals surface area (Å²) in [5.74, 6) is 0. The van der Waals surface area contributed by atoms with Crippen molar-refractivity contribution >= 4 is 6.09 Å². The number of aliphatic hydroxyl groups is 1. The SMILES string of the molecule is N.O=C(NCCCO)OCc1ccccc1. The van der Waals surface area contributed by atoms with Gasteiger partial charge >= 0.3 is 6.09 Å². The van der Waals surface area contributed by atoms with Crippen molar-refractivity contribution in [1.82, 2.24) is 11.5 Å². The van der Waals surface area contributed by atoms with Crippen LogP contribution in [0.15, 0.2) is 30.3 Å². The number of rotatable bonds is 5. The Labute approximate surface area is 95.0 Å². The van der Waals surface area contributed by atoms with Crippen LogP contribution < -0.4 is 11.5 Å². The zero-order valence-corrected chi connectivity index (χ0v) is 9.19. The van der Waals surface area contributed by atoms with Crippen molar-refractivity contribution < 1.29 is 14.6 Å². The molecule has 1 aromatic rings. The Morgan fingerprint density at radius 2 is 2.00 bits per heavy atom. The van der Waals surface area contributed by atoms with Gasteiger partial charge in [-0.1, -0.05) is 30.3 Å². The number of carbonyl (C=O) groups excluding carboxylic acids is 1. The fraction of sp³-hybridized carbons (Fsp3) is 0.364. The number of aliphatic hydroxyl groups excluding tert-OH is 1. The van der Waals surface area contributed by atoms with Crippen LogP contribution in [0.25, 0.3) is 0 Å². The summed E-state index contributed by atoms with van der Waals surface area (Å²) in [6.45, 7) is 0.773. The number of benzene rings is 1. The van der Waals surface area contributed by atoms with Gasteiger partial charge in [0.2, 0.25) is 0 Å². The van der Waals surface area contributed by atoms with Crippen molar-refractivity contribution in [3.8, 4) is 0 Å². The molecule has 16 heavy (non-hydrogen) atoms. The first-order valence-electron chi connectivity index (χ1n) is 4.88. The monoisotopic (exact) mass is 226 g/mol. The van der Waals surface area contributed by atoms with Crippen molar-refractivity contribution in [2.75, 3.05) is 13.2 Å². The molecule has 5 heteroatoms. The molecule has 0 heterocycles. The van der Waals surface area contributed by atoms with Gasteiger partial charge in [-0.15, -0.1) is 0 Å². The molecule has 5 N–H and O–H groups in total. The van der Waals surface area contributed by atoms with E-state index in [1.807, 2.05) is 30.3 Å². The van der Waals surface area contributed by atoms with Crippen LogP contribution in [0.4, 0.5) is 4.79 Å². The molecule has 5 nitrogen and oxygen atoms in total. The van der Waals surface area contributed by atoms with E-state index < -0.39 is 6.09 Å². The zero-order valence-electron chi connectivity index (χ0n) is 9.19. The maximum Gasteiger partial charge on any atom is 0.407 e. The molecule has 0 spiro atoms. The van der Waals surface area contributed by atoms with Gasteiger partial charge in [-0.25, -0.2) is 4.79 Å². The Bertz CT molecular complexity index is 291. The van der Waals surface area contributed by atoms with Crippen LogP contribution in [-0.4, -0.2) is 24.4 Å². The van der Waals surface area contributed by atoms with Gasteiger partial charge in [0.1, 0.15) is 6.61 Å². The van der Waals surface area contributed by atoms with E-state index in [0.29, 0.717) is 13.0 Å². The molecule has 0 aromatic heterocycles. The summed E-state index contributed by atoms with van der Waals surface area (Å²) in [6, 6.07) is 9.47. The Hall–Kier alpha value is -1.59. The average molecular weight is 226 g/mol. The van der Waals surface area contributed by atoms with Gasteiger partial charge in [0, 0.05) is 13.2 Å². The predicted octanol–water partition coefficient (Wildman–Crippen LogP) is 1.46. The quantitative estimate of drug-likeness (QED) is 0.662. The maximum atomic E-state index is 11.1. The number of hydrogen-bond donors (Lipinski definition) is 3. The summed E-state index contributed by atoms with van der Waals surface area (Å²) in [7, 11) is 0. The molecule has 0 bridgehead atoms. The van der Waals surface area contributed by atoms with E-state index in [2.05, 4.69) is 5.32 Å². The van der Waals surface area contributed by atoms with Crippen LogP contribution in [0.5, 0.6) is 0 Å². The minimum atomic E-state index is -0.452. The highest BCUT2D eigenvalue weighted by atomic mass is 16.5. The third-order valence-corrected chi connectivity index (χ3v) is 1.82. The molecular formula is C11H18N2O3. The van der Waals surface area contributed by atoms with E-state index >= 15 is 0 Å². The van der Waals surface area contributed by atoms with Gasteiger partial charge in [-0.2, -0.15) is 0 Å². The first kappa shape index (κ1) is 14.4. The average Bonchev–Trinajstić information content (AvgIpc) is 2.28. The summed E-state index contributed by atoms with van der Waals surface area (Å²) in [4.78, 5) is 11.1. The normalized spacial score (nSPS) is 9.06. The second kappa shape index (κ2) is 8.70. The molecule has 0 fully saturated rings. The summed E-state index contributed by atoms with van der Waals surface area (Å²) >= 11 is 0. The summed E-state index contributed by atoms with van der Waals surface area (Å²) in [5.41, 5.74) is 0.954. The molecule has 0 radical (unpaired) electrons. The van der Waals surface area contributed by atoms with Gasteiger partial charge in [0.25, 0.3) is 0 Å². The van der Waals surface area contributed by atoms with E-state index in [9.17, 15) is 4.79 Å². The molecule has 1 amide bonds. The number of hydrogen-bond acceptors (Lipinski definition) is 4. The number of nitrogens with one attached hydrogen (secondary N) is 1. The highest BCUT2D eigenvalue weighted by molar-refractivity contribution is 5.67. The first-order valence-corrected chi connectivity index (χ1v) is 4.88. The van der Waals surface area contributed by atoms with Crippen molar-refractivity contribution in [2.45, 2.75) is 13.0 Å². The smallest absolute Gasteiger partial charge is 0.407 e. The van der Waals surface area contributed by atoms with E-state index in [4.69, 9.17) is 9.84 Å². The lowest BCUT2D eigenvalue weighted by Gasteiger charge is -2.05. The largest absolute Gasteiger partial charge is 0.445 e. The van der Waals surface area contributed by atoms with Crippen molar-refractivity contribution in [3.63, 3.8) is 0 Å². The van der Waals surface area contributed by atoms with Crippen LogP contribution >= 0.6 is 0 Å². The fourth-order valence-electron chi connectivity index (χ4n) is 1.04. The van der Waals surface area contributed by atoms with Gasteiger partial charge in [0.05, 0.1) is 0 Å². The Morgan fingerprint density at radius 3 is 2.62 bits per heavy atom. The number of alkyl carbamates (subject to hydrolysis) is 1. The van der Waals surface area contributed by atoms with Gasteiger partial charge < -0.3 is 21.3 Å². The van der Waals surface area contributed by atoms with E-state index in [1.54, 1.807) is 0 Å². The standard InChI is InChI=1S/C11H15NO3.H3N/c13-8-4-7-12-11(14)15-9-10-5-2-1-3-6-10;/h1-3,5-6,13H,4,7-9H2,(H,12,14);1H3. The molecule has 0 aliphatic carbocycles. The van der Waals surface area contributed by atoms with Gasteiger partial charge in [-0.05, 0) is 12.0 Å². The third-order valence-electron chi connectivity index (χ3n) is 1.82. The Balaban J connectivity index is 0.00000225. The maximum absolute atomic E-state index is 11.1. The van der Waals surface area contributed by atoms with E-state index in [0.717, 1.165) is 5.56 Å². The minimum absolute atomic E-state index is 0. The molecule has 1 rings (SSSR count). The Kier molecular flexibility index (Phi) is 7.83. The molecule has 0 saturated heterocycles. The molecule has 0 saturated carbocycles. The second-order valence-corrected chi connectivity index (χ2v) is 3.07. The molecule has 0 aliphatic heterocycles. The van der Waals surface area contributed by atoms with Crippen LogP contribution in [-0.2, 0) is 11.3 Å². The second-order valence-electron chi connectivity index (χ2n) is 3.07. The lowest BCUT2D eigenvalue weighted by atomic mass is 10.2. The number of ether oxygens (including phenoxy) is 1. The third kappa shape index (κ3) is 6.00. The van der Waals surface area contributed by atoms with Crippen LogP contribution in [0.2, 0.25) is 0 Å². The molecular weight excluding hydrogens is 208 g/mol. The van der Waals surface area contributed by atoms with Crippen LogP contribution in [0, 0.1) is 0 Å². The lowest BCUT2D eigenvalue weighted by Crippen LogP contribution is -2.25. The number of carbonyl (C=O) groups is 1. The van der Waals surface area contributed by atoms with Crippen molar-refractivity contribution in [1.29, 1.82) is 0 Å². The highest BCUT2D eigenvalue weighted by Crippen LogP contribution is 2.00. The lowest BCUT2D eigenvalue weighted by molar-refractivity contribution is 0.139. The van der Waals surface area contributed by atoms with Crippen LogP contribution in [0.1, 0.15) is 12.0 Å². The summed E-state index contributed by atoms with van der Waals surface area (Å²) < 4.78 is 4.94. The fourth-order valence-corrected chi connectivity index (χ4v) is 1.04. The van der Waals surface area contributed by atoms with E-state index in [-0.39, 0.29) is 19.4 Å². The number of amides is 1. The van der Waals surface area contributed by atoms with Gasteiger partial charge in [0.15, 0.2) is 0 Å². The Morgan fingerprint density at radius 1 is 1.31 bits per heavy atom. The molecule has 1 aromatic carbocycles. The highest BCUT2D eigenvalue weighted by Gasteiger charge is 2.00. The predicted molar refractivity (Wildman–Crippen MR) is 61.4 cm³/mol. The van der Waals surface area contributed by atoms with Crippen LogP contribution in [0.3, 0.4) is 0 Å². The summed E-state index contributed by atoms with van der Waals surface area (Å²) in [6.07, 6.45) is 0.0905. The molecule has 90 valence electrons. The topological polar surface area (TPSA) is 93.6 Å². The van der Waals surface area contributed by atoms with E-state index in [1.165, 1.54) is 0 Å². The molecule has 0 unspecified atom stereocenters. The zero-order chi connectivity index (χ0) is 10.9. The minimum Gasteiger partial charge on any atom is -0.445 e. The summed E-state index contributed by atoms with van der Waals surface area (Å²) in [5, 5.41) is 11.0. The molecule has 0 aliphatic rings. The molecule has 0 atom stereocenters.